The highest BCUT2D eigenvalue weighted by molar-refractivity contribution is 4.98. The van der Waals surface area contributed by atoms with E-state index in [1.165, 1.54) is 0 Å². The summed E-state index contributed by atoms with van der Waals surface area (Å²) in [5.74, 6) is 0. The molecule has 5 nitrogen and oxygen atoms in total. The second-order valence-corrected chi connectivity index (χ2v) is 3.23. The van der Waals surface area contributed by atoms with Crippen LogP contribution in [0.5, 0.6) is 0 Å². The van der Waals surface area contributed by atoms with Crippen molar-refractivity contribution in [3.05, 3.63) is 11.9 Å². The Balaban J connectivity index is 2.63. The molecule has 1 rings (SSSR count). The lowest BCUT2D eigenvalue weighted by Gasteiger charge is -2.03. The minimum atomic E-state index is -0.410. The van der Waals surface area contributed by atoms with Crippen LogP contribution in [0.15, 0.2) is 6.20 Å². The molecule has 0 saturated heterocycles. The van der Waals surface area contributed by atoms with E-state index in [4.69, 9.17) is 10.8 Å². The Morgan fingerprint density at radius 1 is 1.69 bits per heavy atom. The van der Waals surface area contributed by atoms with Crippen molar-refractivity contribution in [2.24, 2.45) is 5.73 Å². The maximum Gasteiger partial charge on any atom is 0.0994 e. The lowest BCUT2D eigenvalue weighted by molar-refractivity contribution is 0.167. The van der Waals surface area contributed by atoms with E-state index in [1.54, 1.807) is 17.8 Å². The quantitative estimate of drug-likeness (QED) is 0.694. The Bertz CT molecular complexity index is 258. The van der Waals surface area contributed by atoms with Crippen molar-refractivity contribution in [2.75, 3.05) is 0 Å². The Morgan fingerprint density at radius 2 is 2.38 bits per heavy atom. The first-order valence-corrected chi connectivity index (χ1v) is 4.47. The van der Waals surface area contributed by atoms with Crippen molar-refractivity contribution < 1.29 is 5.11 Å². The Labute approximate surface area is 77.6 Å². The van der Waals surface area contributed by atoms with Crippen molar-refractivity contribution in [2.45, 2.75) is 39.0 Å². The fraction of sp³-hybridized carbons (Fsp3) is 0.750. The fourth-order valence-corrected chi connectivity index (χ4v) is 1.05. The summed E-state index contributed by atoms with van der Waals surface area (Å²) in [4.78, 5) is 0. The summed E-state index contributed by atoms with van der Waals surface area (Å²) in [5, 5.41) is 16.9. The third-order valence-corrected chi connectivity index (χ3v) is 1.83. The molecule has 0 aromatic carbocycles. The molecule has 0 amide bonds. The van der Waals surface area contributed by atoms with Gasteiger partial charge in [-0.3, -0.25) is 0 Å². The molecule has 0 aliphatic carbocycles. The minimum absolute atomic E-state index is 0.0530. The van der Waals surface area contributed by atoms with Crippen LogP contribution in [0.4, 0.5) is 0 Å². The van der Waals surface area contributed by atoms with E-state index in [-0.39, 0.29) is 6.04 Å². The minimum Gasteiger partial charge on any atom is -0.391 e. The van der Waals surface area contributed by atoms with Gasteiger partial charge in [-0.2, -0.15) is 0 Å². The molecule has 0 radical (unpaired) electrons. The molecule has 1 aromatic heterocycles. The monoisotopic (exact) mass is 184 g/mol. The van der Waals surface area contributed by atoms with E-state index in [0.29, 0.717) is 6.54 Å². The van der Waals surface area contributed by atoms with Gasteiger partial charge in [0, 0.05) is 0 Å². The first-order valence-electron chi connectivity index (χ1n) is 4.47. The highest BCUT2D eigenvalue weighted by Gasteiger charge is 2.08. The van der Waals surface area contributed by atoms with Gasteiger partial charge in [0.05, 0.1) is 30.6 Å². The van der Waals surface area contributed by atoms with Crippen LogP contribution in [0.2, 0.25) is 0 Å². The van der Waals surface area contributed by atoms with Crippen LogP contribution in [0.3, 0.4) is 0 Å². The molecule has 3 N–H and O–H groups in total. The predicted octanol–water partition coefficient (Wildman–Crippen LogP) is 0.0687. The van der Waals surface area contributed by atoms with Gasteiger partial charge in [-0.05, 0) is 13.3 Å². The van der Waals surface area contributed by atoms with Crippen LogP contribution in [-0.2, 0) is 6.54 Å². The van der Waals surface area contributed by atoms with Gasteiger partial charge < -0.3 is 10.8 Å². The first kappa shape index (κ1) is 10.1. The number of hydrogen-bond acceptors (Lipinski definition) is 4. The molecular formula is C8H16N4O. The van der Waals surface area contributed by atoms with Crippen LogP contribution >= 0.6 is 0 Å². The summed E-state index contributed by atoms with van der Waals surface area (Å²) in [5.41, 5.74) is 6.54. The zero-order valence-electron chi connectivity index (χ0n) is 8.01. The Morgan fingerprint density at radius 3 is 2.92 bits per heavy atom. The van der Waals surface area contributed by atoms with E-state index in [2.05, 4.69) is 10.3 Å². The summed E-state index contributed by atoms with van der Waals surface area (Å²) < 4.78 is 1.61. The third-order valence-electron chi connectivity index (χ3n) is 1.83. The number of aromatic nitrogens is 3. The van der Waals surface area contributed by atoms with Crippen LogP contribution in [0.1, 0.15) is 32.0 Å². The molecule has 1 heterocycles. The molecule has 74 valence electrons. The molecule has 13 heavy (non-hydrogen) atoms. The molecule has 0 aliphatic heterocycles. The van der Waals surface area contributed by atoms with E-state index in [1.807, 2.05) is 6.92 Å². The van der Waals surface area contributed by atoms with Crippen LogP contribution in [0.25, 0.3) is 0 Å². The first-order chi connectivity index (χ1) is 6.13. The summed E-state index contributed by atoms with van der Waals surface area (Å²) in [6, 6.07) is -0.0530. The number of nitrogens with two attached hydrogens (primary N) is 1. The van der Waals surface area contributed by atoms with Crippen molar-refractivity contribution in [1.82, 2.24) is 15.0 Å². The summed E-state index contributed by atoms with van der Waals surface area (Å²) in [6.07, 6.45) is 2.21. The van der Waals surface area contributed by atoms with E-state index >= 15 is 0 Å². The van der Waals surface area contributed by atoms with Crippen molar-refractivity contribution in [3.63, 3.8) is 0 Å². The molecule has 0 bridgehead atoms. The molecule has 0 saturated carbocycles. The van der Waals surface area contributed by atoms with Gasteiger partial charge in [-0.15, -0.1) is 5.10 Å². The van der Waals surface area contributed by atoms with Gasteiger partial charge in [0.2, 0.25) is 0 Å². The Kier molecular flexibility index (Phi) is 3.39. The van der Waals surface area contributed by atoms with Crippen molar-refractivity contribution in [1.29, 1.82) is 0 Å². The average Bonchev–Trinajstić information content (AvgIpc) is 2.50. The number of rotatable bonds is 4. The van der Waals surface area contributed by atoms with E-state index in [9.17, 15) is 0 Å². The molecule has 1 aromatic rings. The number of nitrogens with zero attached hydrogens (tertiary/aromatic N) is 3. The largest absolute Gasteiger partial charge is 0.391 e. The molecule has 2 atom stereocenters. The second-order valence-electron chi connectivity index (χ2n) is 3.23. The molecule has 0 fully saturated rings. The molecule has 0 aliphatic rings. The molecule has 5 heteroatoms. The highest BCUT2D eigenvalue weighted by Crippen LogP contribution is 2.08. The Hall–Kier alpha value is -0.940. The van der Waals surface area contributed by atoms with E-state index < -0.39 is 6.10 Å². The zero-order valence-corrected chi connectivity index (χ0v) is 8.01. The van der Waals surface area contributed by atoms with Gasteiger partial charge in [-0.1, -0.05) is 12.1 Å². The topological polar surface area (TPSA) is 77.0 Å². The number of hydrogen-bond donors (Lipinski definition) is 2. The van der Waals surface area contributed by atoms with Gasteiger partial charge in [0.25, 0.3) is 0 Å². The third kappa shape index (κ3) is 2.78. The van der Waals surface area contributed by atoms with Gasteiger partial charge >= 0.3 is 0 Å². The summed E-state index contributed by atoms with van der Waals surface area (Å²) >= 11 is 0. The molecule has 0 spiro atoms. The van der Waals surface area contributed by atoms with Crippen molar-refractivity contribution >= 4 is 0 Å². The predicted molar refractivity (Wildman–Crippen MR) is 48.9 cm³/mol. The average molecular weight is 184 g/mol. The van der Waals surface area contributed by atoms with Gasteiger partial charge in [0.1, 0.15) is 0 Å². The standard InChI is InChI=1S/C8H16N4O/c1-3-7(9)8-5-12(11-10-8)4-6(2)13/h5-7,13H,3-4,9H2,1-2H3. The maximum absolute atomic E-state index is 9.09. The van der Waals surface area contributed by atoms with Crippen LogP contribution in [-0.4, -0.2) is 26.2 Å². The van der Waals surface area contributed by atoms with Gasteiger partial charge in [0.15, 0.2) is 0 Å². The lowest BCUT2D eigenvalue weighted by Crippen LogP contribution is -2.12. The smallest absolute Gasteiger partial charge is 0.0994 e. The fourth-order valence-electron chi connectivity index (χ4n) is 1.05. The summed E-state index contributed by atoms with van der Waals surface area (Å²) in [7, 11) is 0. The number of aliphatic hydroxyl groups excluding tert-OH is 1. The SMILES string of the molecule is CCC(N)c1cn(CC(C)O)nn1. The van der Waals surface area contributed by atoms with Crippen molar-refractivity contribution in [3.8, 4) is 0 Å². The van der Waals surface area contributed by atoms with Gasteiger partial charge in [-0.25, -0.2) is 4.68 Å². The number of aliphatic hydroxyl groups is 1. The molecule has 2 unspecified atom stereocenters. The lowest BCUT2D eigenvalue weighted by atomic mass is 10.2. The zero-order chi connectivity index (χ0) is 9.84. The molecular weight excluding hydrogens is 168 g/mol. The van der Waals surface area contributed by atoms with Crippen LogP contribution < -0.4 is 5.73 Å². The normalized spacial score (nSPS) is 15.7. The summed E-state index contributed by atoms with van der Waals surface area (Å²) in [6.45, 7) is 4.17. The maximum atomic E-state index is 9.09. The second kappa shape index (κ2) is 4.34. The van der Waals surface area contributed by atoms with Crippen LogP contribution in [0, 0.1) is 0 Å². The highest BCUT2D eigenvalue weighted by atomic mass is 16.3. The van der Waals surface area contributed by atoms with E-state index in [0.717, 1.165) is 12.1 Å².